The van der Waals surface area contributed by atoms with Crippen LogP contribution in [0.3, 0.4) is 0 Å². The van der Waals surface area contributed by atoms with Crippen molar-refractivity contribution in [3.63, 3.8) is 0 Å². The molecule has 0 unspecified atom stereocenters. The molecule has 22 heavy (non-hydrogen) atoms. The van der Waals surface area contributed by atoms with Gasteiger partial charge in [-0.1, -0.05) is 11.6 Å². The van der Waals surface area contributed by atoms with Gasteiger partial charge in [-0.2, -0.15) is 5.10 Å². The van der Waals surface area contributed by atoms with Crippen LogP contribution in [0, 0.1) is 5.82 Å². The molecule has 0 aliphatic rings. The van der Waals surface area contributed by atoms with Crippen LogP contribution in [-0.4, -0.2) is 20.7 Å². The third kappa shape index (κ3) is 2.96. The molecule has 0 saturated heterocycles. The second-order valence-corrected chi connectivity index (χ2v) is 4.87. The molecule has 0 saturated carbocycles. The predicted molar refractivity (Wildman–Crippen MR) is 80.7 cm³/mol. The summed E-state index contributed by atoms with van der Waals surface area (Å²) in [5, 5.41) is 6.86. The minimum atomic E-state index is -0.675. The van der Waals surface area contributed by atoms with Gasteiger partial charge in [-0.05, 0) is 36.4 Å². The summed E-state index contributed by atoms with van der Waals surface area (Å²) in [6, 6.07) is 9.02. The first-order valence-electron chi connectivity index (χ1n) is 6.36. The predicted octanol–water partition coefficient (Wildman–Crippen LogP) is 3.31. The zero-order chi connectivity index (χ0) is 15.5. The summed E-state index contributed by atoms with van der Waals surface area (Å²) in [4.78, 5) is 16.2. The fraction of sp³-hybridized carbons (Fsp3) is 0. The molecule has 0 fully saturated rings. The number of hydrogen-bond acceptors (Lipinski definition) is 3. The minimum Gasteiger partial charge on any atom is -0.320 e. The van der Waals surface area contributed by atoms with Gasteiger partial charge in [-0.25, -0.2) is 14.1 Å². The second-order valence-electron chi connectivity index (χ2n) is 4.43. The van der Waals surface area contributed by atoms with Crippen LogP contribution in [-0.2, 0) is 0 Å². The number of carbonyl (C=O) groups is 1. The van der Waals surface area contributed by atoms with E-state index in [2.05, 4.69) is 15.4 Å². The van der Waals surface area contributed by atoms with E-state index in [4.69, 9.17) is 11.6 Å². The van der Waals surface area contributed by atoms with Crippen LogP contribution in [0.15, 0.2) is 55.0 Å². The van der Waals surface area contributed by atoms with Crippen LogP contribution in [0.4, 0.5) is 10.1 Å². The van der Waals surface area contributed by atoms with Crippen LogP contribution in [0.2, 0.25) is 5.02 Å². The van der Waals surface area contributed by atoms with Crippen LogP contribution < -0.4 is 5.32 Å². The van der Waals surface area contributed by atoms with Gasteiger partial charge in [0.1, 0.15) is 5.82 Å². The minimum absolute atomic E-state index is 0.0828. The van der Waals surface area contributed by atoms with Crippen LogP contribution in [0.5, 0.6) is 0 Å². The average molecular weight is 317 g/mol. The molecule has 0 radical (unpaired) electrons. The van der Waals surface area contributed by atoms with Gasteiger partial charge in [0.15, 0.2) is 5.82 Å². The van der Waals surface area contributed by atoms with E-state index in [1.165, 1.54) is 18.3 Å². The Labute approximate surface area is 130 Å². The van der Waals surface area contributed by atoms with Crippen molar-refractivity contribution >= 4 is 23.2 Å². The Hall–Kier alpha value is -2.73. The zero-order valence-corrected chi connectivity index (χ0v) is 12.0. The lowest BCUT2D eigenvalue weighted by molar-refractivity contribution is 0.102. The Bertz CT molecular complexity index is 803. The maximum atomic E-state index is 13.7. The number of rotatable bonds is 3. The highest BCUT2D eigenvalue weighted by Crippen LogP contribution is 2.16. The van der Waals surface area contributed by atoms with E-state index in [0.717, 1.165) is 6.07 Å². The summed E-state index contributed by atoms with van der Waals surface area (Å²) in [6.45, 7) is 0. The fourth-order valence-electron chi connectivity index (χ4n) is 1.87. The van der Waals surface area contributed by atoms with Crippen molar-refractivity contribution in [2.24, 2.45) is 0 Å². The maximum Gasteiger partial charge on any atom is 0.258 e. The number of benzene rings is 1. The zero-order valence-electron chi connectivity index (χ0n) is 11.2. The van der Waals surface area contributed by atoms with Crippen molar-refractivity contribution in [1.29, 1.82) is 0 Å². The first-order chi connectivity index (χ1) is 10.6. The Balaban J connectivity index is 1.77. The largest absolute Gasteiger partial charge is 0.320 e. The molecular weight excluding hydrogens is 307 g/mol. The number of amides is 1. The summed E-state index contributed by atoms with van der Waals surface area (Å²) < 4.78 is 15.3. The van der Waals surface area contributed by atoms with Gasteiger partial charge in [0, 0.05) is 17.4 Å². The Morgan fingerprint density at radius 3 is 2.77 bits per heavy atom. The number of halogens is 2. The van der Waals surface area contributed by atoms with E-state index >= 15 is 0 Å². The smallest absolute Gasteiger partial charge is 0.258 e. The van der Waals surface area contributed by atoms with Crippen LogP contribution >= 0.6 is 11.6 Å². The standard InChI is InChI=1S/C15H10ClFN4O/c16-10-2-4-12(13(17)8-10)15(22)20-11-3-5-14(18-9-11)21-7-1-6-19-21/h1-9H,(H,20,22). The molecule has 1 aromatic carbocycles. The highest BCUT2D eigenvalue weighted by molar-refractivity contribution is 6.30. The molecule has 3 rings (SSSR count). The molecule has 1 N–H and O–H groups in total. The molecule has 5 nitrogen and oxygen atoms in total. The highest BCUT2D eigenvalue weighted by atomic mass is 35.5. The van der Waals surface area contributed by atoms with Crippen LogP contribution in [0.1, 0.15) is 10.4 Å². The third-order valence-corrected chi connectivity index (χ3v) is 3.16. The fourth-order valence-corrected chi connectivity index (χ4v) is 2.03. The van der Waals surface area contributed by atoms with Gasteiger partial charge in [0.05, 0.1) is 17.4 Å². The molecule has 3 aromatic rings. The number of anilines is 1. The summed E-state index contributed by atoms with van der Waals surface area (Å²) in [7, 11) is 0. The number of hydrogen-bond donors (Lipinski definition) is 1. The van der Waals surface area contributed by atoms with Crippen molar-refractivity contribution < 1.29 is 9.18 Å². The maximum absolute atomic E-state index is 13.7. The van der Waals surface area contributed by atoms with E-state index in [9.17, 15) is 9.18 Å². The molecule has 0 aliphatic carbocycles. The first-order valence-corrected chi connectivity index (χ1v) is 6.74. The Morgan fingerprint density at radius 1 is 1.27 bits per heavy atom. The SMILES string of the molecule is O=C(Nc1ccc(-n2cccn2)nc1)c1ccc(Cl)cc1F. The van der Waals surface area contributed by atoms with Gasteiger partial charge >= 0.3 is 0 Å². The highest BCUT2D eigenvalue weighted by Gasteiger charge is 2.12. The summed E-state index contributed by atoms with van der Waals surface area (Å²) in [5.74, 6) is -0.630. The molecule has 0 aliphatic heterocycles. The summed E-state index contributed by atoms with van der Waals surface area (Å²) >= 11 is 5.66. The number of aromatic nitrogens is 3. The number of nitrogens with zero attached hydrogens (tertiary/aromatic N) is 3. The van der Waals surface area contributed by atoms with Gasteiger partial charge < -0.3 is 5.32 Å². The lowest BCUT2D eigenvalue weighted by Crippen LogP contribution is -2.14. The molecule has 0 spiro atoms. The molecule has 0 bridgehead atoms. The monoisotopic (exact) mass is 316 g/mol. The van der Waals surface area contributed by atoms with Gasteiger partial charge in [-0.3, -0.25) is 4.79 Å². The Morgan fingerprint density at radius 2 is 2.14 bits per heavy atom. The molecule has 7 heteroatoms. The van der Waals surface area contributed by atoms with E-state index in [-0.39, 0.29) is 10.6 Å². The Kier molecular flexibility index (Phi) is 3.84. The van der Waals surface area contributed by atoms with E-state index in [0.29, 0.717) is 11.5 Å². The lowest BCUT2D eigenvalue weighted by Gasteiger charge is -2.07. The third-order valence-electron chi connectivity index (χ3n) is 2.92. The van der Waals surface area contributed by atoms with Gasteiger partial charge in [0.2, 0.25) is 0 Å². The van der Waals surface area contributed by atoms with Crippen molar-refractivity contribution in [2.45, 2.75) is 0 Å². The molecule has 0 atom stereocenters. The molecule has 2 aromatic heterocycles. The second kappa shape index (κ2) is 5.95. The average Bonchev–Trinajstić information content (AvgIpc) is 3.02. The van der Waals surface area contributed by atoms with Crippen molar-refractivity contribution in [3.8, 4) is 5.82 Å². The van der Waals surface area contributed by atoms with Crippen molar-refractivity contribution in [3.05, 3.63) is 71.4 Å². The summed E-state index contributed by atoms with van der Waals surface area (Å²) in [5.41, 5.74) is 0.371. The number of carbonyl (C=O) groups excluding carboxylic acids is 1. The lowest BCUT2D eigenvalue weighted by atomic mass is 10.2. The van der Waals surface area contributed by atoms with E-state index in [1.807, 2.05) is 0 Å². The molecule has 2 heterocycles. The van der Waals surface area contributed by atoms with E-state index < -0.39 is 11.7 Å². The van der Waals surface area contributed by atoms with E-state index in [1.54, 1.807) is 35.3 Å². The molecule has 1 amide bonds. The number of pyridine rings is 1. The molecular formula is C15H10ClFN4O. The molecule has 110 valence electrons. The first kappa shape index (κ1) is 14.2. The van der Waals surface area contributed by atoms with Crippen molar-refractivity contribution in [2.75, 3.05) is 5.32 Å². The number of nitrogens with one attached hydrogen (secondary N) is 1. The summed E-state index contributed by atoms with van der Waals surface area (Å²) in [6.07, 6.45) is 4.87. The normalized spacial score (nSPS) is 10.5. The van der Waals surface area contributed by atoms with Crippen molar-refractivity contribution in [1.82, 2.24) is 14.8 Å². The van der Waals surface area contributed by atoms with Gasteiger partial charge in [0.25, 0.3) is 5.91 Å². The van der Waals surface area contributed by atoms with Crippen LogP contribution in [0.25, 0.3) is 5.82 Å². The quantitative estimate of drug-likeness (QED) is 0.806. The van der Waals surface area contributed by atoms with Gasteiger partial charge in [-0.15, -0.1) is 0 Å². The topological polar surface area (TPSA) is 59.8 Å².